The van der Waals surface area contributed by atoms with Gasteiger partial charge in [0.1, 0.15) is 23.0 Å². The average molecular weight is 335 g/mol. The van der Waals surface area contributed by atoms with E-state index in [0.29, 0.717) is 34.4 Å². The first-order valence-electron chi connectivity index (χ1n) is 7.72. The Labute approximate surface area is 143 Å². The van der Waals surface area contributed by atoms with Crippen LogP contribution in [0.3, 0.4) is 0 Å². The molecule has 7 heteroatoms. The first-order valence-corrected chi connectivity index (χ1v) is 7.72. The summed E-state index contributed by atoms with van der Waals surface area (Å²) >= 11 is 0. The molecule has 0 saturated heterocycles. The average Bonchev–Trinajstić information content (AvgIpc) is 3.24. The van der Waals surface area contributed by atoms with Crippen molar-refractivity contribution in [1.29, 1.82) is 0 Å². The van der Waals surface area contributed by atoms with Crippen molar-refractivity contribution < 1.29 is 8.81 Å². The van der Waals surface area contributed by atoms with Crippen LogP contribution >= 0.6 is 0 Å². The van der Waals surface area contributed by atoms with Crippen LogP contribution in [0.5, 0.6) is 0 Å². The van der Waals surface area contributed by atoms with Gasteiger partial charge in [0, 0.05) is 24.0 Å². The molecule has 0 aliphatic rings. The Morgan fingerprint density at radius 1 is 1.08 bits per heavy atom. The first kappa shape index (κ1) is 15.2. The van der Waals surface area contributed by atoms with Crippen molar-refractivity contribution in [1.82, 2.24) is 24.7 Å². The maximum atomic E-state index is 14.0. The van der Waals surface area contributed by atoms with Crippen LogP contribution in [0.2, 0.25) is 0 Å². The van der Waals surface area contributed by atoms with Crippen molar-refractivity contribution in [2.45, 2.75) is 13.5 Å². The number of aromatic nitrogens is 5. The van der Waals surface area contributed by atoms with Gasteiger partial charge < -0.3 is 4.42 Å². The van der Waals surface area contributed by atoms with Crippen molar-refractivity contribution >= 4 is 0 Å². The Balaban J connectivity index is 1.81. The number of rotatable bonds is 4. The van der Waals surface area contributed by atoms with Crippen LogP contribution in [-0.2, 0) is 6.54 Å². The number of hydrogen-bond acceptors (Lipinski definition) is 5. The molecule has 0 atom stereocenters. The molecule has 0 unspecified atom stereocenters. The van der Waals surface area contributed by atoms with Crippen LogP contribution in [0.25, 0.3) is 23.1 Å². The molecule has 25 heavy (non-hydrogen) atoms. The molecule has 4 rings (SSSR count). The fourth-order valence-corrected chi connectivity index (χ4v) is 2.51. The molecule has 0 aliphatic heterocycles. The highest BCUT2D eigenvalue weighted by Gasteiger charge is 2.17. The van der Waals surface area contributed by atoms with E-state index in [9.17, 15) is 4.39 Å². The van der Waals surface area contributed by atoms with Gasteiger partial charge in [-0.15, -0.1) is 0 Å². The molecular weight excluding hydrogens is 321 g/mol. The minimum Gasteiger partial charge on any atom is -0.440 e. The van der Waals surface area contributed by atoms with E-state index in [2.05, 4.69) is 20.1 Å². The van der Waals surface area contributed by atoms with Gasteiger partial charge in [0.15, 0.2) is 5.82 Å². The molecule has 0 N–H and O–H groups in total. The third kappa shape index (κ3) is 3.03. The maximum Gasteiger partial charge on any atom is 0.244 e. The zero-order valence-electron chi connectivity index (χ0n) is 13.4. The third-order valence-electron chi connectivity index (χ3n) is 3.69. The summed E-state index contributed by atoms with van der Waals surface area (Å²) in [5.74, 6) is 1.30. The summed E-state index contributed by atoms with van der Waals surface area (Å²) in [5.41, 5.74) is 1.73. The minimum absolute atomic E-state index is 0.246. The first-order chi connectivity index (χ1) is 12.2. The van der Waals surface area contributed by atoms with Crippen LogP contribution in [-0.4, -0.2) is 24.7 Å². The number of benzene rings is 1. The van der Waals surface area contributed by atoms with Gasteiger partial charge in [0.25, 0.3) is 0 Å². The molecule has 0 spiro atoms. The lowest BCUT2D eigenvalue weighted by Crippen LogP contribution is -2.06. The molecule has 1 aromatic carbocycles. The molecule has 0 radical (unpaired) electrons. The lowest BCUT2D eigenvalue weighted by Gasteiger charge is -2.06. The van der Waals surface area contributed by atoms with Crippen LogP contribution in [0, 0.1) is 12.7 Å². The van der Waals surface area contributed by atoms with Gasteiger partial charge in [-0.3, -0.25) is 4.68 Å². The summed E-state index contributed by atoms with van der Waals surface area (Å²) in [6.45, 7) is 2.06. The van der Waals surface area contributed by atoms with Gasteiger partial charge >= 0.3 is 0 Å². The standard InChI is InChI=1S/C18H14FN5O/c1-12-10-22-18(25-12)16-9-15(17-20-7-4-8-21-17)23-24(16)11-13-5-2-3-6-14(13)19/h2-10H,11H2,1H3. The number of nitrogens with zero attached hydrogens (tertiary/aromatic N) is 5. The van der Waals surface area contributed by atoms with Crippen molar-refractivity contribution in [3.8, 4) is 23.1 Å². The summed E-state index contributed by atoms with van der Waals surface area (Å²) in [6.07, 6.45) is 4.93. The van der Waals surface area contributed by atoms with E-state index in [1.54, 1.807) is 53.6 Å². The zero-order valence-corrected chi connectivity index (χ0v) is 13.4. The van der Waals surface area contributed by atoms with Gasteiger partial charge in [-0.2, -0.15) is 5.10 Å². The highest BCUT2D eigenvalue weighted by molar-refractivity contribution is 5.59. The van der Waals surface area contributed by atoms with E-state index in [1.165, 1.54) is 6.07 Å². The lowest BCUT2D eigenvalue weighted by molar-refractivity contribution is 0.529. The summed E-state index contributed by atoms with van der Waals surface area (Å²) in [6, 6.07) is 10.1. The number of aryl methyl sites for hydroxylation is 1. The van der Waals surface area contributed by atoms with Crippen LogP contribution in [0.15, 0.2) is 59.4 Å². The molecule has 124 valence electrons. The smallest absolute Gasteiger partial charge is 0.244 e. The van der Waals surface area contributed by atoms with Crippen molar-refractivity contribution in [2.75, 3.05) is 0 Å². The summed E-state index contributed by atoms with van der Waals surface area (Å²) in [4.78, 5) is 12.7. The molecule has 0 amide bonds. The minimum atomic E-state index is -0.287. The third-order valence-corrected chi connectivity index (χ3v) is 3.69. The Hall–Kier alpha value is -3.35. The normalized spacial score (nSPS) is 11.0. The maximum absolute atomic E-state index is 14.0. The molecular formula is C18H14FN5O. The van der Waals surface area contributed by atoms with E-state index >= 15 is 0 Å². The molecule has 0 bridgehead atoms. The topological polar surface area (TPSA) is 69.6 Å². The van der Waals surface area contributed by atoms with Crippen LogP contribution in [0.1, 0.15) is 11.3 Å². The molecule has 3 heterocycles. The highest BCUT2D eigenvalue weighted by atomic mass is 19.1. The van der Waals surface area contributed by atoms with Crippen LogP contribution < -0.4 is 0 Å². The van der Waals surface area contributed by atoms with E-state index in [1.807, 2.05) is 6.92 Å². The molecule has 0 fully saturated rings. The second-order valence-electron chi connectivity index (χ2n) is 5.51. The van der Waals surface area contributed by atoms with Gasteiger partial charge in [-0.1, -0.05) is 18.2 Å². The fraction of sp³-hybridized carbons (Fsp3) is 0.111. The van der Waals surface area contributed by atoms with Crippen molar-refractivity contribution in [3.63, 3.8) is 0 Å². The SMILES string of the molecule is Cc1cnc(-c2cc(-c3ncccn3)nn2Cc2ccccc2F)o1. The van der Waals surface area contributed by atoms with E-state index < -0.39 is 0 Å². The molecule has 0 saturated carbocycles. The Morgan fingerprint density at radius 2 is 1.88 bits per heavy atom. The van der Waals surface area contributed by atoms with Crippen molar-refractivity contribution in [3.05, 3.63) is 72.1 Å². The second kappa shape index (κ2) is 6.27. The zero-order chi connectivity index (χ0) is 17.2. The molecule has 0 aliphatic carbocycles. The van der Waals surface area contributed by atoms with Gasteiger partial charge in [0.2, 0.25) is 5.89 Å². The Morgan fingerprint density at radius 3 is 2.60 bits per heavy atom. The molecule has 4 aromatic rings. The highest BCUT2D eigenvalue weighted by Crippen LogP contribution is 2.25. The summed E-state index contributed by atoms with van der Waals surface area (Å²) < 4.78 is 21.3. The van der Waals surface area contributed by atoms with Crippen molar-refractivity contribution in [2.24, 2.45) is 0 Å². The van der Waals surface area contributed by atoms with Gasteiger partial charge in [-0.05, 0) is 19.1 Å². The second-order valence-corrected chi connectivity index (χ2v) is 5.51. The predicted molar refractivity (Wildman–Crippen MR) is 89.0 cm³/mol. The lowest BCUT2D eigenvalue weighted by atomic mass is 10.2. The van der Waals surface area contributed by atoms with E-state index in [0.717, 1.165) is 0 Å². The number of hydrogen-bond donors (Lipinski definition) is 0. The fourth-order valence-electron chi connectivity index (χ4n) is 2.51. The van der Waals surface area contributed by atoms with E-state index in [-0.39, 0.29) is 12.4 Å². The van der Waals surface area contributed by atoms with Gasteiger partial charge in [-0.25, -0.2) is 19.3 Å². The predicted octanol–water partition coefficient (Wildman–Crippen LogP) is 3.49. The Bertz CT molecular complexity index is 1010. The van der Waals surface area contributed by atoms with E-state index in [4.69, 9.17) is 4.42 Å². The Kier molecular flexibility index (Phi) is 3.81. The van der Waals surface area contributed by atoms with Crippen LogP contribution in [0.4, 0.5) is 4.39 Å². The summed E-state index contributed by atoms with van der Waals surface area (Å²) in [7, 11) is 0. The quantitative estimate of drug-likeness (QED) is 0.571. The molecule has 3 aromatic heterocycles. The monoisotopic (exact) mass is 335 g/mol. The number of halogens is 1. The van der Waals surface area contributed by atoms with Gasteiger partial charge in [0.05, 0.1) is 12.7 Å². The summed E-state index contributed by atoms with van der Waals surface area (Å²) in [5, 5.41) is 4.53. The largest absolute Gasteiger partial charge is 0.440 e. The number of oxazole rings is 1. The molecule has 6 nitrogen and oxygen atoms in total.